The lowest BCUT2D eigenvalue weighted by Gasteiger charge is -2.21. The Morgan fingerprint density at radius 1 is 1.25 bits per heavy atom. The highest BCUT2D eigenvalue weighted by Crippen LogP contribution is 2.28. The van der Waals surface area contributed by atoms with E-state index in [0.717, 1.165) is 12.0 Å². The minimum Gasteiger partial charge on any atom is -0.508 e. The van der Waals surface area contributed by atoms with Gasteiger partial charge in [0, 0.05) is 0 Å². The van der Waals surface area contributed by atoms with Crippen LogP contribution in [0.4, 0.5) is 0 Å². The quantitative estimate of drug-likeness (QED) is 0.821. The van der Waals surface area contributed by atoms with E-state index in [1.54, 1.807) is 18.2 Å². The Labute approximate surface area is 96.5 Å². The molecule has 1 saturated carbocycles. The average molecular weight is 215 g/mol. The molecule has 84 valence electrons. The maximum Gasteiger partial charge on any atom is 0.115 e. The van der Waals surface area contributed by atoms with Gasteiger partial charge in [-0.3, -0.25) is 0 Å². The molecule has 0 atom stereocenters. The van der Waals surface area contributed by atoms with Crippen LogP contribution in [-0.4, -0.2) is 5.11 Å². The molecular weight excluding hydrogens is 198 g/mol. The Kier molecular flexibility index (Phi) is 3.46. The summed E-state index contributed by atoms with van der Waals surface area (Å²) in [4.78, 5) is 0. The van der Waals surface area contributed by atoms with E-state index >= 15 is 0 Å². The van der Waals surface area contributed by atoms with E-state index in [1.807, 2.05) is 0 Å². The zero-order valence-corrected chi connectivity index (χ0v) is 9.45. The molecule has 1 fully saturated rings. The molecule has 0 aliphatic heterocycles. The van der Waals surface area contributed by atoms with Crippen LogP contribution in [0, 0.1) is 17.2 Å². The highest BCUT2D eigenvalue weighted by molar-refractivity contribution is 5.42. The minimum atomic E-state index is 0.268. The maximum absolute atomic E-state index is 9.45. The van der Waals surface area contributed by atoms with Crippen molar-refractivity contribution in [3.63, 3.8) is 0 Å². The highest BCUT2D eigenvalue weighted by Gasteiger charge is 2.15. The molecule has 2 rings (SSSR count). The van der Waals surface area contributed by atoms with E-state index in [2.05, 4.69) is 6.07 Å². The Morgan fingerprint density at radius 2 is 2.00 bits per heavy atom. The number of aromatic hydroxyl groups is 1. The van der Waals surface area contributed by atoms with Gasteiger partial charge in [0.2, 0.25) is 0 Å². The van der Waals surface area contributed by atoms with Crippen molar-refractivity contribution >= 4 is 0 Å². The SMILES string of the molecule is N#Cc1ccc(O)cc1CC1CCCCC1. The van der Waals surface area contributed by atoms with Crippen molar-refractivity contribution < 1.29 is 5.11 Å². The molecule has 0 spiro atoms. The summed E-state index contributed by atoms with van der Waals surface area (Å²) < 4.78 is 0. The van der Waals surface area contributed by atoms with E-state index in [-0.39, 0.29) is 5.75 Å². The van der Waals surface area contributed by atoms with Crippen LogP contribution in [-0.2, 0) is 6.42 Å². The van der Waals surface area contributed by atoms with Gasteiger partial charge in [-0.2, -0.15) is 5.26 Å². The third kappa shape index (κ3) is 2.55. The minimum absolute atomic E-state index is 0.268. The smallest absolute Gasteiger partial charge is 0.115 e. The van der Waals surface area contributed by atoms with Crippen LogP contribution in [0.3, 0.4) is 0 Å². The van der Waals surface area contributed by atoms with Crippen molar-refractivity contribution in [2.24, 2.45) is 5.92 Å². The van der Waals surface area contributed by atoms with Crippen LogP contribution in [0.1, 0.15) is 43.2 Å². The lowest BCUT2D eigenvalue weighted by Crippen LogP contribution is -2.10. The zero-order valence-electron chi connectivity index (χ0n) is 9.45. The first-order valence-electron chi connectivity index (χ1n) is 6.01. The molecule has 0 saturated heterocycles. The highest BCUT2D eigenvalue weighted by atomic mass is 16.3. The van der Waals surface area contributed by atoms with Gasteiger partial charge in [0.1, 0.15) is 5.75 Å². The van der Waals surface area contributed by atoms with Crippen LogP contribution >= 0.6 is 0 Å². The molecule has 0 heterocycles. The van der Waals surface area contributed by atoms with Crippen molar-refractivity contribution in [3.8, 4) is 11.8 Å². The summed E-state index contributed by atoms with van der Waals surface area (Å²) in [5, 5.41) is 18.5. The molecule has 0 aromatic heterocycles. The molecule has 1 aromatic carbocycles. The average Bonchev–Trinajstić information content (AvgIpc) is 2.31. The number of nitriles is 1. The summed E-state index contributed by atoms with van der Waals surface area (Å²) in [6.07, 6.45) is 7.44. The van der Waals surface area contributed by atoms with Crippen LogP contribution in [0.5, 0.6) is 5.75 Å². The molecule has 0 bridgehead atoms. The van der Waals surface area contributed by atoms with E-state index in [0.29, 0.717) is 11.5 Å². The van der Waals surface area contributed by atoms with Gasteiger partial charge in [-0.25, -0.2) is 0 Å². The second-order valence-corrected chi connectivity index (χ2v) is 4.66. The summed E-state index contributed by atoms with van der Waals surface area (Å²) in [7, 11) is 0. The van der Waals surface area contributed by atoms with E-state index in [1.165, 1.54) is 32.1 Å². The summed E-state index contributed by atoms with van der Waals surface area (Å²) in [5.74, 6) is 0.965. The second kappa shape index (κ2) is 5.03. The first kappa shape index (κ1) is 11.0. The van der Waals surface area contributed by atoms with Gasteiger partial charge < -0.3 is 5.11 Å². The first-order chi connectivity index (χ1) is 7.79. The number of hydrogen-bond donors (Lipinski definition) is 1. The predicted octanol–water partition coefficient (Wildman–Crippen LogP) is 3.39. The molecule has 0 amide bonds. The lowest BCUT2D eigenvalue weighted by atomic mass is 9.84. The van der Waals surface area contributed by atoms with Gasteiger partial charge in [-0.1, -0.05) is 32.1 Å². The molecule has 0 radical (unpaired) electrons. The summed E-state index contributed by atoms with van der Waals surface area (Å²) in [6, 6.07) is 7.25. The third-order valence-corrected chi connectivity index (χ3v) is 3.44. The first-order valence-corrected chi connectivity index (χ1v) is 6.01. The molecule has 16 heavy (non-hydrogen) atoms. The van der Waals surface area contributed by atoms with Crippen molar-refractivity contribution in [2.45, 2.75) is 38.5 Å². The summed E-state index contributed by atoms with van der Waals surface area (Å²) in [5.41, 5.74) is 1.72. The second-order valence-electron chi connectivity index (χ2n) is 4.66. The van der Waals surface area contributed by atoms with Crippen LogP contribution in [0.2, 0.25) is 0 Å². The number of rotatable bonds is 2. The molecule has 1 aliphatic rings. The monoisotopic (exact) mass is 215 g/mol. The zero-order chi connectivity index (χ0) is 11.4. The van der Waals surface area contributed by atoms with Crippen molar-refractivity contribution in [1.29, 1.82) is 5.26 Å². The largest absolute Gasteiger partial charge is 0.508 e. The molecule has 0 unspecified atom stereocenters. The van der Waals surface area contributed by atoms with Crippen molar-refractivity contribution in [3.05, 3.63) is 29.3 Å². The molecule has 1 aromatic rings. The number of benzene rings is 1. The van der Waals surface area contributed by atoms with Crippen LogP contribution in [0.15, 0.2) is 18.2 Å². The maximum atomic E-state index is 9.45. The van der Waals surface area contributed by atoms with E-state index < -0.39 is 0 Å². The number of phenolic OH excluding ortho intramolecular Hbond substituents is 1. The van der Waals surface area contributed by atoms with Crippen LogP contribution < -0.4 is 0 Å². The summed E-state index contributed by atoms with van der Waals surface area (Å²) in [6.45, 7) is 0. The fourth-order valence-electron chi connectivity index (χ4n) is 2.56. The molecule has 2 nitrogen and oxygen atoms in total. The molecule has 2 heteroatoms. The van der Waals surface area contributed by atoms with Gasteiger partial charge in [-0.05, 0) is 36.1 Å². The fraction of sp³-hybridized carbons (Fsp3) is 0.500. The topological polar surface area (TPSA) is 44.0 Å². The van der Waals surface area contributed by atoms with Crippen LogP contribution in [0.25, 0.3) is 0 Å². The Morgan fingerprint density at radius 3 is 2.69 bits per heavy atom. The van der Waals surface area contributed by atoms with E-state index in [4.69, 9.17) is 5.26 Å². The molecule has 1 N–H and O–H groups in total. The van der Waals surface area contributed by atoms with Crippen molar-refractivity contribution in [1.82, 2.24) is 0 Å². The number of phenols is 1. The standard InChI is InChI=1S/C14H17NO/c15-10-12-6-7-14(16)9-13(12)8-11-4-2-1-3-5-11/h6-7,9,11,16H,1-5,8H2. The molecule has 1 aliphatic carbocycles. The Balaban J connectivity index is 2.13. The normalized spacial score (nSPS) is 16.9. The number of hydrogen-bond acceptors (Lipinski definition) is 2. The summed E-state index contributed by atoms with van der Waals surface area (Å²) >= 11 is 0. The van der Waals surface area contributed by atoms with Gasteiger partial charge >= 0.3 is 0 Å². The third-order valence-electron chi connectivity index (χ3n) is 3.44. The van der Waals surface area contributed by atoms with E-state index in [9.17, 15) is 5.11 Å². The fourth-order valence-corrected chi connectivity index (χ4v) is 2.56. The Hall–Kier alpha value is -1.49. The lowest BCUT2D eigenvalue weighted by molar-refractivity contribution is 0.356. The number of nitrogens with zero attached hydrogens (tertiary/aromatic N) is 1. The molecular formula is C14H17NO. The van der Waals surface area contributed by atoms with Crippen molar-refractivity contribution in [2.75, 3.05) is 0 Å². The Bertz CT molecular complexity index is 400. The van der Waals surface area contributed by atoms with Gasteiger partial charge in [0.25, 0.3) is 0 Å². The van der Waals surface area contributed by atoms with Gasteiger partial charge in [0.05, 0.1) is 11.6 Å². The van der Waals surface area contributed by atoms with Gasteiger partial charge in [-0.15, -0.1) is 0 Å². The predicted molar refractivity (Wildman–Crippen MR) is 63.1 cm³/mol. The van der Waals surface area contributed by atoms with Gasteiger partial charge in [0.15, 0.2) is 0 Å².